The van der Waals surface area contributed by atoms with Crippen molar-refractivity contribution in [3.05, 3.63) is 80.9 Å². The molecule has 41 heavy (non-hydrogen) atoms. The van der Waals surface area contributed by atoms with Gasteiger partial charge in [-0.3, -0.25) is 20.2 Å². The largest absolute Gasteiger partial charge is 0.378 e. The van der Waals surface area contributed by atoms with Gasteiger partial charge in [-0.25, -0.2) is 0 Å². The minimum Gasteiger partial charge on any atom is -0.378 e. The van der Waals surface area contributed by atoms with Gasteiger partial charge in [-0.15, -0.1) is 10.2 Å². The molecule has 1 aliphatic rings. The van der Waals surface area contributed by atoms with E-state index in [1.165, 1.54) is 17.7 Å². The second-order valence-electron chi connectivity index (χ2n) is 9.55. The highest BCUT2D eigenvalue weighted by Gasteiger charge is 2.24. The molecule has 11 nitrogen and oxygen atoms in total. The molecule has 0 unspecified atom stereocenters. The van der Waals surface area contributed by atoms with E-state index in [4.69, 9.17) is 28.6 Å². The van der Waals surface area contributed by atoms with Gasteiger partial charge < -0.3 is 15.0 Å². The van der Waals surface area contributed by atoms with Crippen LogP contribution in [0.2, 0.25) is 5.02 Å². The number of ether oxygens (including phenoxy) is 1. The van der Waals surface area contributed by atoms with Gasteiger partial charge in [0.1, 0.15) is 16.7 Å². The normalized spacial score (nSPS) is 13.3. The fraction of sp³-hybridized carbons (Fsp3) is 0.286. The van der Waals surface area contributed by atoms with Crippen LogP contribution in [0.4, 0.5) is 17.1 Å². The van der Waals surface area contributed by atoms with Crippen LogP contribution in [0, 0.1) is 10.1 Å². The number of rotatable bonds is 8. The third-order valence-corrected chi connectivity index (χ3v) is 7.23. The number of halogens is 1. The number of thiocarbonyl (C=S) groups is 1. The lowest BCUT2D eigenvalue weighted by Crippen LogP contribution is -2.37. The zero-order chi connectivity index (χ0) is 28.9. The number of nitrogens with one attached hydrogen (secondary N) is 2. The van der Waals surface area contributed by atoms with Crippen molar-refractivity contribution in [3.8, 4) is 5.69 Å². The smallest absolute Gasteiger partial charge is 0.293 e. The van der Waals surface area contributed by atoms with Gasteiger partial charge in [0.2, 0.25) is 0 Å². The SMILES string of the molecule is CCCCc1ccc(-n2nc3cc(Cl)c(NC(=S)NC(=O)c4ccc(N5CCOCC5)c([N+](=O)[O-])c4)cc3n2)cc1. The Hall–Kier alpha value is -4.13. The van der Waals surface area contributed by atoms with Crippen LogP contribution < -0.4 is 15.5 Å². The van der Waals surface area contributed by atoms with Gasteiger partial charge in [0.15, 0.2) is 5.11 Å². The molecule has 2 N–H and O–H groups in total. The number of carbonyl (C=O) groups is 1. The highest BCUT2D eigenvalue weighted by Crippen LogP contribution is 2.30. The van der Waals surface area contributed by atoms with Crippen molar-refractivity contribution in [2.45, 2.75) is 26.2 Å². The van der Waals surface area contributed by atoms with Crippen LogP contribution in [-0.2, 0) is 11.2 Å². The summed E-state index contributed by atoms with van der Waals surface area (Å²) in [5.74, 6) is -0.593. The van der Waals surface area contributed by atoms with E-state index < -0.39 is 10.8 Å². The number of aromatic nitrogens is 3. The van der Waals surface area contributed by atoms with Crippen LogP contribution in [-0.4, -0.2) is 57.2 Å². The third-order valence-electron chi connectivity index (χ3n) is 6.72. The summed E-state index contributed by atoms with van der Waals surface area (Å²) >= 11 is 11.8. The molecule has 5 rings (SSSR count). The minimum atomic E-state index is -0.593. The van der Waals surface area contributed by atoms with E-state index in [1.807, 2.05) is 17.0 Å². The molecule has 0 aliphatic carbocycles. The molecule has 0 saturated carbocycles. The number of nitro groups is 1. The molecule has 0 spiro atoms. The van der Waals surface area contributed by atoms with E-state index in [9.17, 15) is 14.9 Å². The lowest BCUT2D eigenvalue weighted by molar-refractivity contribution is -0.384. The third kappa shape index (κ3) is 6.62. The summed E-state index contributed by atoms with van der Waals surface area (Å²) in [5, 5.41) is 26.6. The zero-order valence-corrected chi connectivity index (χ0v) is 23.9. The predicted octanol–water partition coefficient (Wildman–Crippen LogP) is 5.29. The van der Waals surface area contributed by atoms with Crippen molar-refractivity contribution < 1.29 is 14.5 Å². The highest BCUT2D eigenvalue weighted by atomic mass is 35.5. The lowest BCUT2D eigenvalue weighted by atomic mass is 10.1. The van der Waals surface area contributed by atoms with Crippen molar-refractivity contribution in [1.29, 1.82) is 0 Å². The molecule has 0 radical (unpaired) electrons. The number of hydrogen-bond acceptors (Lipinski definition) is 8. The van der Waals surface area contributed by atoms with E-state index in [0.717, 1.165) is 24.9 Å². The number of anilines is 2. The first-order valence-corrected chi connectivity index (χ1v) is 14.0. The molecular weight excluding hydrogens is 566 g/mol. The fourth-order valence-electron chi connectivity index (χ4n) is 4.54. The number of nitro benzene ring substituents is 1. The lowest BCUT2D eigenvalue weighted by Gasteiger charge is -2.28. The molecular formula is C28H28ClN7O4S. The maximum Gasteiger partial charge on any atom is 0.293 e. The number of unbranched alkanes of at least 4 members (excludes halogenated alkanes) is 1. The molecule has 1 aromatic heterocycles. The van der Waals surface area contributed by atoms with Crippen LogP contribution in [0.5, 0.6) is 0 Å². The van der Waals surface area contributed by atoms with Crippen molar-refractivity contribution >= 4 is 62.9 Å². The van der Waals surface area contributed by atoms with Gasteiger partial charge in [0.25, 0.3) is 11.6 Å². The molecule has 1 saturated heterocycles. The highest BCUT2D eigenvalue weighted by molar-refractivity contribution is 7.80. The van der Waals surface area contributed by atoms with Crippen molar-refractivity contribution in [3.63, 3.8) is 0 Å². The predicted molar refractivity (Wildman–Crippen MR) is 162 cm³/mol. The molecule has 212 valence electrons. The Kier molecular flexibility index (Phi) is 8.72. The Labute approximate surface area is 246 Å². The standard InChI is InChI=1S/C28H28ClN7O4S/c1-2-3-4-18-5-8-20(9-6-18)35-32-23-16-21(29)22(17-24(23)33-35)30-28(41)31-27(37)19-7-10-25(26(15-19)36(38)39)34-11-13-40-14-12-34/h5-10,15-17H,2-4,11-14H2,1H3,(H2,30,31,37,41). The van der Waals surface area contributed by atoms with E-state index in [-0.39, 0.29) is 16.4 Å². The van der Waals surface area contributed by atoms with E-state index >= 15 is 0 Å². The molecule has 0 atom stereocenters. The summed E-state index contributed by atoms with van der Waals surface area (Å²) in [7, 11) is 0. The fourth-order valence-corrected chi connectivity index (χ4v) is 4.95. The van der Waals surface area contributed by atoms with E-state index in [2.05, 4.69) is 39.9 Å². The Morgan fingerprint density at radius 1 is 1.10 bits per heavy atom. The number of carbonyl (C=O) groups excluding carboxylic acids is 1. The van der Waals surface area contributed by atoms with Gasteiger partial charge in [-0.05, 0) is 67.0 Å². The second-order valence-corrected chi connectivity index (χ2v) is 10.4. The first-order valence-electron chi connectivity index (χ1n) is 13.2. The summed E-state index contributed by atoms with van der Waals surface area (Å²) in [5.41, 5.74) is 4.07. The topological polar surface area (TPSA) is 127 Å². The number of morpholine rings is 1. The maximum atomic E-state index is 12.9. The van der Waals surface area contributed by atoms with Gasteiger partial charge in [-0.2, -0.15) is 4.80 Å². The van der Waals surface area contributed by atoms with Crippen LogP contribution in [0.3, 0.4) is 0 Å². The number of amides is 1. The Morgan fingerprint density at radius 2 is 1.80 bits per heavy atom. The van der Waals surface area contributed by atoms with Gasteiger partial charge in [0.05, 0.1) is 34.5 Å². The number of aryl methyl sites for hydroxylation is 1. The first-order chi connectivity index (χ1) is 19.8. The molecule has 1 fully saturated rings. The van der Waals surface area contributed by atoms with Crippen LogP contribution in [0.1, 0.15) is 35.7 Å². The molecule has 3 aromatic carbocycles. The van der Waals surface area contributed by atoms with Crippen LogP contribution >= 0.6 is 23.8 Å². The Balaban J connectivity index is 1.28. The van der Waals surface area contributed by atoms with Crippen molar-refractivity contribution in [1.82, 2.24) is 20.3 Å². The summed E-state index contributed by atoms with van der Waals surface area (Å²) < 4.78 is 5.33. The summed E-state index contributed by atoms with van der Waals surface area (Å²) in [4.78, 5) is 27.5. The monoisotopic (exact) mass is 593 g/mol. The molecule has 4 aromatic rings. The number of nitrogens with zero attached hydrogens (tertiary/aromatic N) is 5. The van der Waals surface area contributed by atoms with Crippen molar-refractivity contribution in [2.24, 2.45) is 0 Å². The molecule has 0 bridgehead atoms. The number of fused-ring (bicyclic) bond motifs is 1. The second kappa shape index (κ2) is 12.6. The maximum absolute atomic E-state index is 12.9. The van der Waals surface area contributed by atoms with Gasteiger partial charge in [-0.1, -0.05) is 37.1 Å². The van der Waals surface area contributed by atoms with E-state index in [0.29, 0.717) is 53.7 Å². The quantitative estimate of drug-likeness (QED) is 0.159. The molecule has 2 heterocycles. The molecule has 13 heteroatoms. The van der Waals surface area contributed by atoms with Gasteiger partial charge >= 0.3 is 0 Å². The Morgan fingerprint density at radius 3 is 2.49 bits per heavy atom. The van der Waals surface area contributed by atoms with E-state index in [1.54, 1.807) is 23.0 Å². The van der Waals surface area contributed by atoms with Gasteiger partial charge in [0, 0.05) is 24.7 Å². The number of hydrogen-bond donors (Lipinski definition) is 2. The average Bonchev–Trinajstić information content (AvgIpc) is 3.39. The first kappa shape index (κ1) is 28.4. The molecule has 1 amide bonds. The Bertz CT molecular complexity index is 1600. The zero-order valence-electron chi connectivity index (χ0n) is 22.3. The van der Waals surface area contributed by atoms with Crippen LogP contribution in [0.15, 0.2) is 54.6 Å². The summed E-state index contributed by atoms with van der Waals surface area (Å²) in [6.07, 6.45) is 3.31. The average molecular weight is 594 g/mol. The number of benzene rings is 3. The van der Waals surface area contributed by atoms with Crippen molar-refractivity contribution in [2.75, 3.05) is 36.5 Å². The van der Waals surface area contributed by atoms with Crippen LogP contribution in [0.25, 0.3) is 16.7 Å². The summed E-state index contributed by atoms with van der Waals surface area (Å²) in [6.45, 7) is 4.20. The molecule has 1 aliphatic heterocycles. The minimum absolute atomic E-state index is 0.0220. The summed E-state index contributed by atoms with van der Waals surface area (Å²) in [6, 6.07) is 15.8.